The Morgan fingerprint density at radius 2 is 1.02 bits per heavy atom. The van der Waals surface area contributed by atoms with Gasteiger partial charge in [0, 0.05) is 72.6 Å². The summed E-state index contributed by atoms with van der Waals surface area (Å²) in [4.78, 5) is 53.7. The highest BCUT2D eigenvalue weighted by atomic mass is 16.5. The monoisotopic (exact) mass is 623 g/mol. The summed E-state index contributed by atoms with van der Waals surface area (Å²) in [5.41, 5.74) is 0. The molecule has 0 aromatic rings. The lowest BCUT2D eigenvalue weighted by molar-refractivity contribution is -0.140. The molecule has 15 heteroatoms. The lowest BCUT2D eigenvalue weighted by Crippen LogP contribution is -2.49. The third-order valence-corrected chi connectivity index (χ3v) is 6.01. The highest BCUT2D eigenvalue weighted by Gasteiger charge is 2.20. The summed E-state index contributed by atoms with van der Waals surface area (Å²) in [5, 5.41) is 28.4. The number of nitrogens with zero attached hydrogens (tertiary/aromatic N) is 4. The minimum Gasteiger partial charge on any atom is -0.480 e. The number of ether oxygens (including phenoxy) is 3. The molecule has 4 N–H and O–H groups in total. The van der Waals surface area contributed by atoms with E-state index in [0.717, 1.165) is 26.4 Å². The van der Waals surface area contributed by atoms with Gasteiger partial charge in [-0.05, 0) is 6.42 Å². The Morgan fingerprint density at radius 3 is 1.42 bits per heavy atom. The Labute approximate surface area is 257 Å². The first-order valence-corrected chi connectivity index (χ1v) is 15.0. The minimum absolute atomic E-state index is 0.127. The van der Waals surface area contributed by atoms with Gasteiger partial charge in [-0.2, -0.15) is 0 Å². The fourth-order valence-electron chi connectivity index (χ4n) is 3.93. The van der Waals surface area contributed by atoms with E-state index in [1.165, 1.54) is 0 Å². The van der Waals surface area contributed by atoms with E-state index in [0.29, 0.717) is 91.9 Å². The molecule has 0 unspecified atom stereocenters. The topological polar surface area (TPSA) is 182 Å². The zero-order valence-corrected chi connectivity index (χ0v) is 26.7. The first-order chi connectivity index (χ1) is 20.8. The molecule has 1 saturated heterocycles. The van der Waals surface area contributed by atoms with Crippen molar-refractivity contribution in [3.63, 3.8) is 0 Å². The van der Waals surface area contributed by atoms with Crippen molar-refractivity contribution in [2.45, 2.75) is 27.2 Å². The molecule has 0 aromatic heterocycles. The van der Waals surface area contributed by atoms with Crippen LogP contribution in [0.1, 0.15) is 27.2 Å². The summed E-state index contributed by atoms with van der Waals surface area (Å²) < 4.78 is 16.2. The van der Waals surface area contributed by atoms with Gasteiger partial charge in [-0.1, -0.05) is 20.8 Å². The smallest absolute Gasteiger partial charge is 0.317 e. The zero-order valence-electron chi connectivity index (χ0n) is 26.7. The molecule has 1 aliphatic heterocycles. The molecule has 1 heterocycles. The summed E-state index contributed by atoms with van der Waals surface area (Å²) in [7, 11) is 1.00. The van der Waals surface area contributed by atoms with Crippen molar-refractivity contribution in [3.05, 3.63) is 0 Å². The highest BCUT2D eigenvalue weighted by Crippen LogP contribution is 2.01. The number of amides is 1. The number of rotatable bonds is 19. The van der Waals surface area contributed by atoms with Gasteiger partial charge in [-0.15, -0.1) is 0 Å². The minimum atomic E-state index is -0.969. The first kappa shape index (κ1) is 42.9. The van der Waals surface area contributed by atoms with Gasteiger partial charge in [0.15, 0.2) is 0 Å². The Morgan fingerprint density at radius 1 is 0.651 bits per heavy atom. The first-order valence-electron chi connectivity index (χ1n) is 15.0. The second kappa shape index (κ2) is 31.2. The van der Waals surface area contributed by atoms with Crippen LogP contribution in [0, 0.1) is 0 Å². The fraction of sp³-hybridized carbons (Fsp3) is 0.857. The molecular weight excluding hydrogens is 566 g/mol. The van der Waals surface area contributed by atoms with Crippen LogP contribution in [-0.4, -0.2) is 191 Å². The number of carbonyl (C=O) groups is 4. The zero-order chi connectivity index (χ0) is 32.7. The Balaban J connectivity index is 0. The summed E-state index contributed by atoms with van der Waals surface area (Å²) in [5.74, 6) is -2.10. The predicted octanol–water partition coefficient (Wildman–Crippen LogP) is -1.21. The van der Waals surface area contributed by atoms with E-state index in [-0.39, 0.29) is 32.1 Å². The molecule has 1 amide bonds. The molecule has 0 spiro atoms. The maximum atomic E-state index is 12.6. The van der Waals surface area contributed by atoms with Crippen LogP contribution < -0.4 is 5.32 Å². The van der Waals surface area contributed by atoms with Crippen LogP contribution in [0.15, 0.2) is 0 Å². The molecule has 0 aromatic carbocycles. The van der Waals surface area contributed by atoms with Gasteiger partial charge in [0.2, 0.25) is 5.91 Å². The molecule has 15 nitrogen and oxygen atoms in total. The number of aliphatic hydroxyl groups excluding tert-OH is 1. The fourth-order valence-corrected chi connectivity index (χ4v) is 3.93. The Bertz CT molecular complexity index is 705. The highest BCUT2D eigenvalue weighted by molar-refractivity contribution is 5.78. The number of aliphatic hydroxyl groups is 1. The summed E-state index contributed by atoms with van der Waals surface area (Å²) in [6.45, 7) is 13.0. The van der Waals surface area contributed by atoms with Gasteiger partial charge in [-0.3, -0.25) is 34.0 Å². The maximum absolute atomic E-state index is 12.6. The van der Waals surface area contributed by atoms with E-state index in [4.69, 9.17) is 19.3 Å². The second-order valence-electron chi connectivity index (χ2n) is 9.27. The van der Waals surface area contributed by atoms with Gasteiger partial charge in [-0.25, -0.2) is 0 Å². The van der Waals surface area contributed by atoms with Crippen molar-refractivity contribution in [2.24, 2.45) is 0 Å². The maximum Gasteiger partial charge on any atom is 0.317 e. The van der Waals surface area contributed by atoms with Crippen molar-refractivity contribution >= 4 is 24.1 Å². The van der Waals surface area contributed by atoms with Crippen LogP contribution in [-0.2, 0) is 33.4 Å². The molecule has 43 heavy (non-hydrogen) atoms. The predicted molar refractivity (Wildman–Crippen MR) is 162 cm³/mol. The van der Waals surface area contributed by atoms with Crippen molar-refractivity contribution in [3.8, 4) is 0 Å². The van der Waals surface area contributed by atoms with E-state index >= 15 is 0 Å². The van der Waals surface area contributed by atoms with Crippen LogP contribution in [0.25, 0.3) is 0 Å². The number of hydrogen-bond donors (Lipinski definition) is 4. The SMILES string of the molecule is CC.CCCOCCOCCOCCNC(=O)CN1CCN(CC=O)CCN(CC(=O)O)CCN(CC(=O)O)CC1.CO. The largest absolute Gasteiger partial charge is 0.480 e. The molecule has 0 atom stereocenters. The summed E-state index contributed by atoms with van der Waals surface area (Å²) in [6.07, 6.45) is 1.79. The Hall–Kier alpha value is -2.24. The second-order valence-corrected chi connectivity index (χ2v) is 9.27. The van der Waals surface area contributed by atoms with Gasteiger partial charge in [0.05, 0.1) is 59.2 Å². The average Bonchev–Trinajstić information content (AvgIpc) is 2.98. The van der Waals surface area contributed by atoms with Crippen molar-refractivity contribution < 1.29 is 48.7 Å². The van der Waals surface area contributed by atoms with Gasteiger partial charge < -0.3 is 39.6 Å². The molecular formula is C28H57N5O10. The van der Waals surface area contributed by atoms with Crippen molar-refractivity contribution in [1.29, 1.82) is 0 Å². The van der Waals surface area contributed by atoms with Gasteiger partial charge >= 0.3 is 11.9 Å². The molecule has 1 fully saturated rings. The number of carboxylic acids is 2. The normalized spacial score (nSPS) is 15.9. The van der Waals surface area contributed by atoms with Gasteiger partial charge in [0.25, 0.3) is 0 Å². The van der Waals surface area contributed by atoms with Crippen molar-refractivity contribution in [2.75, 3.05) is 132 Å². The van der Waals surface area contributed by atoms with Crippen LogP contribution in [0.2, 0.25) is 0 Å². The number of nitrogens with one attached hydrogen (secondary N) is 1. The molecule has 0 saturated carbocycles. The molecule has 0 radical (unpaired) electrons. The van der Waals surface area contributed by atoms with Gasteiger partial charge in [0.1, 0.15) is 6.29 Å². The standard InChI is InChI=1S/C25H47N5O9.C2H6.CH4O/c1-2-14-37-16-18-39-19-17-38-15-3-26-23(32)20-28-6-4-27(12-13-31)5-7-29(21-24(33)34)10-11-30(9-8-28)22-25(35)36;2*1-2/h13H,2-12,14-22H2,1H3,(H,26,32)(H,33,34)(H,35,36);1-2H3;2H,1H3. The van der Waals surface area contributed by atoms with Crippen LogP contribution in [0.3, 0.4) is 0 Å². The molecule has 0 aliphatic carbocycles. The quantitative estimate of drug-likeness (QED) is 0.0993. The lowest BCUT2D eigenvalue weighted by Gasteiger charge is -2.32. The number of carboxylic acid groups (broad SMARTS) is 2. The molecule has 254 valence electrons. The molecule has 1 rings (SSSR count). The number of carbonyl (C=O) groups excluding carboxylic acids is 2. The van der Waals surface area contributed by atoms with E-state index in [1.54, 1.807) is 9.80 Å². The number of hydrogen-bond acceptors (Lipinski definition) is 12. The van der Waals surface area contributed by atoms with E-state index in [9.17, 15) is 29.4 Å². The molecule has 1 aliphatic rings. The Kier molecular flexibility index (Phi) is 31.1. The molecule has 0 bridgehead atoms. The third kappa shape index (κ3) is 27.1. The lowest BCUT2D eigenvalue weighted by atomic mass is 10.3. The average molecular weight is 624 g/mol. The van der Waals surface area contributed by atoms with Crippen LogP contribution in [0.5, 0.6) is 0 Å². The van der Waals surface area contributed by atoms with Crippen LogP contribution >= 0.6 is 0 Å². The number of aliphatic carboxylic acids is 2. The number of aldehydes is 1. The van der Waals surface area contributed by atoms with Crippen molar-refractivity contribution in [1.82, 2.24) is 24.9 Å². The van der Waals surface area contributed by atoms with E-state index in [2.05, 4.69) is 5.32 Å². The van der Waals surface area contributed by atoms with Crippen LogP contribution in [0.4, 0.5) is 0 Å². The van der Waals surface area contributed by atoms with E-state index in [1.807, 2.05) is 30.6 Å². The summed E-state index contributed by atoms with van der Waals surface area (Å²) in [6, 6.07) is 0. The van der Waals surface area contributed by atoms with E-state index < -0.39 is 11.9 Å². The third-order valence-electron chi connectivity index (χ3n) is 6.01. The summed E-state index contributed by atoms with van der Waals surface area (Å²) >= 11 is 0.